The van der Waals surface area contributed by atoms with Gasteiger partial charge in [-0.05, 0) is 78.9 Å². The molecule has 25 heavy (non-hydrogen) atoms. The molecule has 0 amide bonds. The van der Waals surface area contributed by atoms with Crippen LogP contribution in [0.25, 0.3) is 10.8 Å². The lowest BCUT2D eigenvalue weighted by atomic mass is 9.63. The number of hydrogen-bond acceptors (Lipinski definition) is 0. The second-order valence-corrected chi connectivity index (χ2v) is 8.34. The van der Waals surface area contributed by atoms with Crippen molar-refractivity contribution in [3.05, 3.63) is 47.5 Å². The first kappa shape index (κ1) is 17.0. The number of fused-ring (bicyclic) bond motifs is 2. The fraction of sp³-hybridized carbons (Fsp3) is 0.565. The van der Waals surface area contributed by atoms with E-state index in [2.05, 4.69) is 6.92 Å². The zero-order chi connectivity index (χ0) is 17.4. The zero-order valence-electron chi connectivity index (χ0n) is 15.1. The summed E-state index contributed by atoms with van der Waals surface area (Å²) in [7, 11) is 0. The summed E-state index contributed by atoms with van der Waals surface area (Å²) < 4.78 is 28.4. The van der Waals surface area contributed by atoms with E-state index in [0.717, 1.165) is 29.7 Å². The summed E-state index contributed by atoms with van der Waals surface area (Å²) in [6, 6.07) is 8.46. The van der Waals surface area contributed by atoms with Crippen LogP contribution in [0.2, 0.25) is 0 Å². The maximum absolute atomic E-state index is 14.5. The van der Waals surface area contributed by atoms with E-state index in [4.69, 9.17) is 0 Å². The molecule has 2 aromatic carbocycles. The summed E-state index contributed by atoms with van der Waals surface area (Å²) in [4.78, 5) is 0. The van der Waals surface area contributed by atoms with Gasteiger partial charge in [0.2, 0.25) is 0 Å². The summed E-state index contributed by atoms with van der Waals surface area (Å²) >= 11 is 0. The maximum atomic E-state index is 14.5. The molecule has 0 spiro atoms. The summed E-state index contributed by atoms with van der Waals surface area (Å²) in [5.74, 6) is 2.19. The van der Waals surface area contributed by atoms with Gasteiger partial charge in [-0.1, -0.05) is 44.4 Å². The lowest BCUT2D eigenvalue weighted by Crippen LogP contribution is -2.30. The Hall–Kier alpha value is -1.44. The van der Waals surface area contributed by atoms with Crippen LogP contribution >= 0.6 is 0 Å². The van der Waals surface area contributed by atoms with Crippen molar-refractivity contribution in [2.75, 3.05) is 0 Å². The van der Waals surface area contributed by atoms with Crippen molar-refractivity contribution in [3.63, 3.8) is 0 Å². The molecule has 0 nitrogen and oxygen atoms in total. The van der Waals surface area contributed by atoms with Gasteiger partial charge in [0.25, 0.3) is 0 Å². The quantitative estimate of drug-likeness (QED) is 0.552. The summed E-state index contributed by atoms with van der Waals surface area (Å²) in [5.41, 5.74) is 1.07. The number of rotatable bonds is 3. The average Bonchev–Trinajstić information content (AvgIpc) is 2.61. The van der Waals surface area contributed by atoms with Crippen LogP contribution < -0.4 is 0 Å². The van der Waals surface area contributed by atoms with Gasteiger partial charge < -0.3 is 0 Å². The molecule has 4 unspecified atom stereocenters. The standard InChI is InChI=1S/C23H28F2/c1-2-4-15-7-8-17-12-18(10-9-16(17)11-15)20-13-19-5-3-6-21(24)23(19)22(25)14-20/h3,5-6,13-18H,2,4,7-12H2,1H3. The maximum Gasteiger partial charge on any atom is 0.134 e. The molecule has 0 N–H and O–H groups in total. The van der Waals surface area contributed by atoms with Crippen LogP contribution in [0.4, 0.5) is 8.78 Å². The molecule has 2 heteroatoms. The molecule has 0 aromatic heterocycles. The van der Waals surface area contributed by atoms with E-state index >= 15 is 0 Å². The Kier molecular flexibility index (Phi) is 4.80. The third-order valence-electron chi connectivity index (χ3n) is 6.79. The summed E-state index contributed by atoms with van der Waals surface area (Å²) in [6.45, 7) is 2.29. The molecule has 4 rings (SSSR count). The molecule has 0 heterocycles. The topological polar surface area (TPSA) is 0 Å². The van der Waals surface area contributed by atoms with Crippen molar-refractivity contribution >= 4 is 10.8 Å². The SMILES string of the molecule is CCCC1CCC2CC(c3cc(F)c4c(F)cccc4c3)CCC2C1. The van der Waals surface area contributed by atoms with E-state index in [1.807, 2.05) is 12.1 Å². The molecule has 0 bridgehead atoms. The molecule has 134 valence electrons. The first-order chi connectivity index (χ1) is 12.2. The van der Waals surface area contributed by atoms with Gasteiger partial charge in [0.05, 0.1) is 5.39 Å². The van der Waals surface area contributed by atoms with Gasteiger partial charge in [-0.3, -0.25) is 0 Å². The minimum atomic E-state index is -0.459. The molecule has 2 aliphatic carbocycles. The second-order valence-electron chi connectivity index (χ2n) is 8.34. The highest BCUT2D eigenvalue weighted by Gasteiger charge is 2.35. The van der Waals surface area contributed by atoms with Crippen LogP contribution in [-0.4, -0.2) is 0 Å². The monoisotopic (exact) mass is 342 g/mol. The van der Waals surface area contributed by atoms with Crippen molar-refractivity contribution in [2.24, 2.45) is 17.8 Å². The summed E-state index contributed by atoms with van der Waals surface area (Å²) in [6.07, 6.45) is 10.4. The van der Waals surface area contributed by atoms with Crippen LogP contribution in [-0.2, 0) is 0 Å². The Morgan fingerprint density at radius 1 is 0.920 bits per heavy atom. The number of halogens is 2. The molecule has 2 aromatic rings. The van der Waals surface area contributed by atoms with E-state index in [0.29, 0.717) is 11.3 Å². The fourth-order valence-corrected chi connectivity index (χ4v) is 5.55. The van der Waals surface area contributed by atoms with Crippen molar-refractivity contribution in [3.8, 4) is 0 Å². The Morgan fingerprint density at radius 3 is 2.56 bits per heavy atom. The lowest BCUT2D eigenvalue weighted by Gasteiger charge is -2.42. The average molecular weight is 342 g/mol. The molecule has 4 atom stereocenters. The molecule has 2 fully saturated rings. The van der Waals surface area contributed by atoms with E-state index in [1.165, 1.54) is 51.0 Å². The van der Waals surface area contributed by atoms with E-state index < -0.39 is 11.6 Å². The Bertz CT molecular complexity index is 751. The van der Waals surface area contributed by atoms with Crippen LogP contribution in [0.1, 0.15) is 69.8 Å². The highest BCUT2D eigenvalue weighted by atomic mass is 19.1. The second kappa shape index (κ2) is 7.05. The predicted octanol–water partition coefficient (Wildman–Crippen LogP) is 7.22. The van der Waals surface area contributed by atoms with Crippen LogP contribution in [0.3, 0.4) is 0 Å². The molecule has 0 saturated heterocycles. The van der Waals surface area contributed by atoms with Crippen molar-refractivity contribution in [1.29, 1.82) is 0 Å². The number of benzene rings is 2. The number of hydrogen-bond donors (Lipinski definition) is 0. The fourth-order valence-electron chi connectivity index (χ4n) is 5.55. The van der Waals surface area contributed by atoms with Crippen molar-refractivity contribution in [1.82, 2.24) is 0 Å². The molecule has 0 aliphatic heterocycles. The van der Waals surface area contributed by atoms with Gasteiger partial charge in [-0.25, -0.2) is 8.78 Å². The smallest absolute Gasteiger partial charge is 0.134 e. The molecular weight excluding hydrogens is 314 g/mol. The Morgan fingerprint density at radius 2 is 1.72 bits per heavy atom. The normalized spacial score (nSPS) is 29.6. The van der Waals surface area contributed by atoms with E-state index in [1.54, 1.807) is 12.1 Å². The van der Waals surface area contributed by atoms with Gasteiger partial charge in [-0.2, -0.15) is 0 Å². The van der Waals surface area contributed by atoms with Crippen LogP contribution in [0.15, 0.2) is 30.3 Å². The Balaban J connectivity index is 1.53. The molecule has 0 radical (unpaired) electrons. The van der Waals surface area contributed by atoms with E-state index in [-0.39, 0.29) is 5.39 Å². The molecule has 2 saturated carbocycles. The molecular formula is C23H28F2. The first-order valence-corrected chi connectivity index (χ1v) is 10.0. The first-order valence-electron chi connectivity index (χ1n) is 10.0. The predicted molar refractivity (Wildman–Crippen MR) is 99.7 cm³/mol. The highest BCUT2D eigenvalue weighted by molar-refractivity contribution is 5.84. The minimum Gasteiger partial charge on any atom is -0.206 e. The van der Waals surface area contributed by atoms with Crippen molar-refractivity contribution < 1.29 is 8.78 Å². The zero-order valence-corrected chi connectivity index (χ0v) is 15.1. The van der Waals surface area contributed by atoms with Gasteiger partial charge in [0, 0.05) is 0 Å². The molecule has 2 aliphatic rings. The summed E-state index contributed by atoms with van der Waals surface area (Å²) in [5, 5.41) is 0.837. The van der Waals surface area contributed by atoms with Crippen LogP contribution in [0.5, 0.6) is 0 Å². The largest absolute Gasteiger partial charge is 0.206 e. The third kappa shape index (κ3) is 3.32. The third-order valence-corrected chi connectivity index (χ3v) is 6.79. The van der Waals surface area contributed by atoms with E-state index in [9.17, 15) is 8.78 Å². The minimum absolute atomic E-state index is 0.139. The Labute approximate surface area is 149 Å². The highest BCUT2D eigenvalue weighted by Crippen LogP contribution is 2.48. The van der Waals surface area contributed by atoms with Gasteiger partial charge in [0.15, 0.2) is 0 Å². The van der Waals surface area contributed by atoms with Crippen LogP contribution in [0, 0.1) is 29.4 Å². The van der Waals surface area contributed by atoms with Gasteiger partial charge >= 0.3 is 0 Å². The van der Waals surface area contributed by atoms with Gasteiger partial charge in [-0.15, -0.1) is 0 Å². The lowest BCUT2D eigenvalue weighted by molar-refractivity contribution is 0.114. The van der Waals surface area contributed by atoms with Crippen molar-refractivity contribution in [2.45, 2.75) is 64.2 Å². The van der Waals surface area contributed by atoms with Gasteiger partial charge in [0.1, 0.15) is 11.6 Å².